The van der Waals surface area contributed by atoms with Crippen LogP contribution in [0.2, 0.25) is 0 Å². The Morgan fingerprint density at radius 2 is 2.42 bits per heavy atom. The third kappa shape index (κ3) is 1.43. The Labute approximate surface area is 70.0 Å². The monoisotopic (exact) mass is 166 g/mol. The van der Waals surface area contributed by atoms with Crippen LogP contribution in [-0.4, -0.2) is 16.4 Å². The number of aromatic nitrogens is 1. The molecule has 0 aliphatic carbocycles. The molecule has 12 heavy (non-hydrogen) atoms. The first kappa shape index (κ1) is 8.67. The van der Waals surface area contributed by atoms with Gasteiger partial charge in [-0.1, -0.05) is 0 Å². The zero-order chi connectivity index (χ0) is 9.14. The van der Waals surface area contributed by atoms with Gasteiger partial charge in [-0.2, -0.15) is 0 Å². The number of aliphatic hydroxyl groups is 1. The van der Waals surface area contributed by atoms with Crippen LogP contribution in [-0.2, 0) is 4.79 Å². The number of pyridine rings is 1. The minimum Gasteiger partial charge on any atom is -0.383 e. The summed E-state index contributed by atoms with van der Waals surface area (Å²) in [6.45, 7) is 1.76. The van der Waals surface area contributed by atoms with Crippen LogP contribution in [0.4, 0.5) is 5.82 Å². The normalized spacial score (nSPS) is 12.5. The van der Waals surface area contributed by atoms with Gasteiger partial charge in [0.2, 0.25) is 0 Å². The highest BCUT2D eigenvalue weighted by Gasteiger charge is 2.12. The van der Waals surface area contributed by atoms with Gasteiger partial charge in [0.25, 0.3) is 0 Å². The second kappa shape index (κ2) is 3.32. The number of aryl methyl sites for hydroxylation is 1. The van der Waals surface area contributed by atoms with Gasteiger partial charge < -0.3 is 15.6 Å². The van der Waals surface area contributed by atoms with Gasteiger partial charge in [-0.05, 0) is 18.6 Å². The van der Waals surface area contributed by atoms with Crippen molar-refractivity contribution in [3.05, 3.63) is 23.4 Å². The van der Waals surface area contributed by atoms with Crippen LogP contribution < -0.4 is 5.73 Å². The molecule has 0 saturated carbocycles. The lowest BCUT2D eigenvalue weighted by Crippen LogP contribution is -2.06. The molecule has 64 valence electrons. The number of nitrogens with zero attached hydrogens (tertiary/aromatic N) is 1. The van der Waals surface area contributed by atoms with Crippen LogP contribution in [0.25, 0.3) is 0 Å². The molecule has 0 bridgehead atoms. The highest BCUT2D eigenvalue weighted by atomic mass is 16.3. The number of carbonyl (C=O) groups excluding carboxylic acids is 1. The minimum absolute atomic E-state index is 0.203. The number of rotatable bonds is 2. The fraction of sp³-hybridized carbons (Fsp3) is 0.250. The maximum absolute atomic E-state index is 10.3. The molecular formula is C8H10N2O2. The molecule has 3 N–H and O–H groups in total. The molecule has 1 aromatic heterocycles. The number of hydrogen-bond acceptors (Lipinski definition) is 4. The summed E-state index contributed by atoms with van der Waals surface area (Å²) in [4.78, 5) is 14.0. The molecule has 0 aliphatic heterocycles. The van der Waals surface area contributed by atoms with Crippen LogP contribution in [0, 0.1) is 6.92 Å². The van der Waals surface area contributed by atoms with Crippen molar-refractivity contribution in [1.29, 1.82) is 0 Å². The summed E-state index contributed by atoms with van der Waals surface area (Å²) in [6.07, 6.45) is 0.796. The topological polar surface area (TPSA) is 76.2 Å². The van der Waals surface area contributed by atoms with Crippen molar-refractivity contribution in [2.75, 3.05) is 5.73 Å². The van der Waals surface area contributed by atoms with E-state index in [-0.39, 0.29) is 5.82 Å². The maximum Gasteiger partial charge on any atom is 0.153 e. The Kier molecular flexibility index (Phi) is 2.40. The van der Waals surface area contributed by atoms with Crippen molar-refractivity contribution >= 4 is 12.1 Å². The Bertz CT molecular complexity index is 279. The third-order valence-electron chi connectivity index (χ3n) is 1.66. The van der Waals surface area contributed by atoms with Crippen molar-refractivity contribution in [1.82, 2.24) is 4.98 Å². The predicted molar refractivity (Wildman–Crippen MR) is 44.4 cm³/mol. The second-order valence-electron chi connectivity index (χ2n) is 2.51. The molecular weight excluding hydrogens is 156 g/mol. The van der Waals surface area contributed by atoms with E-state index in [9.17, 15) is 9.90 Å². The fourth-order valence-electron chi connectivity index (χ4n) is 1.04. The summed E-state index contributed by atoms with van der Waals surface area (Å²) in [7, 11) is 0. The molecule has 0 saturated heterocycles. The number of aliphatic hydroxyl groups excluding tert-OH is 1. The number of nitrogens with two attached hydrogens (primary N) is 1. The van der Waals surface area contributed by atoms with Crippen molar-refractivity contribution in [2.45, 2.75) is 13.0 Å². The van der Waals surface area contributed by atoms with Crippen molar-refractivity contribution in [3.8, 4) is 0 Å². The number of hydrogen-bond donors (Lipinski definition) is 2. The van der Waals surface area contributed by atoms with E-state index in [2.05, 4.69) is 4.98 Å². The third-order valence-corrected chi connectivity index (χ3v) is 1.66. The van der Waals surface area contributed by atoms with Gasteiger partial charge in [-0.25, -0.2) is 4.98 Å². The lowest BCUT2D eigenvalue weighted by Gasteiger charge is -2.08. The van der Waals surface area contributed by atoms with E-state index < -0.39 is 6.10 Å². The smallest absolute Gasteiger partial charge is 0.153 e. The second-order valence-corrected chi connectivity index (χ2v) is 2.51. The van der Waals surface area contributed by atoms with E-state index in [0.29, 0.717) is 11.8 Å². The van der Waals surface area contributed by atoms with Crippen molar-refractivity contribution in [3.63, 3.8) is 0 Å². The summed E-state index contributed by atoms with van der Waals surface area (Å²) in [5.41, 5.74) is 6.63. The Hall–Kier alpha value is -1.42. The zero-order valence-corrected chi connectivity index (χ0v) is 6.69. The molecule has 4 heteroatoms. The molecule has 1 atom stereocenters. The minimum atomic E-state index is -1.17. The highest BCUT2D eigenvalue weighted by molar-refractivity contribution is 5.64. The standard InChI is InChI=1S/C8H10N2O2/c1-5-2-3-10-8(9)7(5)6(12)4-11/h2-4,6,12H,1H3,(H2,9,10). The lowest BCUT2D eigenvalue weighted by atomic mass is 10.1. The number of carbonyl (C=O) groups is 1. The Morgan fingerprint density at radius 3 is 2.92 bits per heavy atom. The van der Waals surface area contributed by atoms with E-state index in [4.69, 9.17) is 5.73 Å². The quantitative estimate of drug-likeness (QED) is 0.615. The SMILES string of the molecule is Cc1ccnc(N)c1C(O)C=O. The zero-order valence-electron chi connectivity index (χ0n) is 6.69. The summed E-state index contributed by atoms with van der Waals surface area (Å²) in [5, 5.41) is 9.20. The maximum atomic E-state index is 10.3. The summed E-state index contributed by atoms with van der Waals surface area (Å²) < 4.78 is 0. The van der Waals surface area contributed by atoms with E-state index in [1.807, 2.05) is 0 Å². The molecule has 4 nitrogen and oxygen atoms in total. The molecule has 1 aromatic rings. The molecule has 0 aliphatic rings. The fourth-order valence-corrected chi connectivity index (χ4v) is 1.04. The first-order valence-corrected chi connectivity index (χ1v) is 3.51. The summed E-state index contributed by atoms with van der Waals surface area (Å²) >= 11 is 0. The van der Waals surface area contributed by atoms with Crippen LogP contribution in [0.5, 0.6) is 0 Å². The van der Waals surface area contributed by atoms with Gasteiger partial charge in [-0.3, -0.25) is 0 Å². The van der Waals surface area contributed by atoms with Crippen molar-refractivity contribution < 1.29 is 9.90 Å². The molecule has 1 rings (SSSR count). The molecule has 0 fully saturated rings. The Morgan fingerprint density at radius 1 is 1.75 bits per heavy atom. The Balaban J connectivity index is 3.20. The number of nitrogen functional groups attached to an aromatic ring is 1. The molecule has 0 spiro atoms. The molecule has 1 heterocycles. The average Bonchev–Trinajstić information content (AvgIpc) is 2.03. The summed E-state index contributed by atoms with van der Waals surface area (Å²) in [5.74, 6) is 0.203. The van der Waals surface area contributed by atoms with Crippen molar-refractivity contribution in [2.24, 2.45) is 0 Å². The molecule has 1 unspecified atom stereocenters. The largest absolute Gasteiger partial charge is 0.383 e. The number of aldehydes is 1. The van der Waals surface area contributed by atoms with Crippen LogP contribution in [0.15, 0.2) is 12.3 Å². The molecule has 0 aromatic carbocycles. The van der Waals surface area contributed by atoms with Gasteiger partial charge in [0.1, 0.15) is 11.9 Å². The molecule has 0 radical (unpaired) electrons. The lowest BCUT2D eigenvalue weighted by molar-refractivity contribution is -0.115. The van der Waals surface area contributed by atoms with Crippen LogP contribution >= 0.6 is 0 Å². The van der Waals surface area contributed by atoms with E-state index in [1.54, 1.807) is 13.0 Å². The van der Waals surface area contributed by atoms with E-state index >= 15 is 0 Å². The highest BCUT2D eigenvalue weighted by Crippen LogP contribution is 2.20. The average molecular weight is 166 g/mol. The van der Waals surface area contributed by atoms with Gasteiger partial charge in [0.05, 0.1) is 0 Å². The first-order valence-electron chi connectivity index (χ1n) is 3.51. The van der Waals surface area contributed by atoms with Gasteiger partial charge >= 0.3 is 0 Å². The first-order chi connectivity index (χ1) is 5.66. The summed E-state index contributed by atoms with van der Waals surface area (Å²) in [6, 6.07) is 1.69. The number of anilines is 1. The van der Waals surface area contributed by atoms with Crippen LogP contribution in [0.1, 0.15) is 17.2 Å². The van der Waals surface area contributed by atoms with E-state index in [0.717, 1.165) is 5.56 Å². The van der Waals surface area contributed by atoms with Gasteiger partial charge in [0.15, 0.2) is 6.29 Å². The van der Waals surface area contributed by atoms with Gasteiger partial charge in [0, 0.05) is 11.8 Å². The molecule has 0 amide bonds. The van der Waals surface area contributed by atoms with E-state index in [1.165, 1.54) is 6.20 Å². The van der Waals surface area contributed by atoms with Crippen LogP contribution in [0.3, 0.4) is 0 Å². The van der Waals surface area contributed by atoms with Gasteiger partial charge in [-0.15, -0.1) is 0 Å². The predicted octanol–water partition coefficient (Wildman–Crippen LogP) is 0.205.